The van der Waals surface area contributed by atoms with E-state index in [1.54, 1.807) is 0 Å². The van der Waals surface area contributed by atoms with Gasteiger partial charge in [0.25, 0.3) is 0 Å². The number of benzene rings is 2. The van der Waals surface area contributed by atoms with Crippen molar-refractivity contribution < 1.29 is 33.0 Å². The predicted octanol–water partition coefficient (Wildman–Crippen LogP) is 6.79. The Balaban J connectivity index is 2.38. The first-order valence-corrected chi connectivity index (χ1v) is 14.0. The van der Waals surface area contributed by atoms with E-state index in [2.05, 4.69) is 41.5 Å². The summed E-state index contributed by atoms with van der Waals surface area (Å²) in [5.74, 6) is 0.651. The van der Waals surface area contributed by atoms with Crippen molar-refractivity contribution in [2.45, 2.75) is 91.9 Å². The van der Waals surface area contributed by atoms with Crippen LogP contribution in [0.1, 0.15) is 87.8 Å². The van der Waals surface area contributed by atoms with E-state index in [0.717, 1.165) is 33.4 Å². The molecule has 0 unspecified atom stereocenters. The van der Waals surface area contributed by atoms with Crippen LogP contribution in [-0.2, 0) is 42.7 Å². The number of hydrogen-bond donors (Lipinski definition) is 1. The lowest BCUT2D eigenvalue weighted by atomic mass is 9.83. The van der Waals surface area contributed by atoms with Crippen molar-refractivity contribution >= 4 is 20.5 Å². The molecule has 0 amide bonds. The molecule has 0 aliphatic rings. The van der Waals surface area contributed by atoms with Gasteiger partial charge in [-0.2, -0.15) is 0 Å². The third kappa shape index (κ3) is 8.71. The smallest absolute Gasteiger partial charge is 0.460 e. The molecule has 0 spiro atoms. The maximum atomic E-state index is 11.7. The van der Waals surface area contributed by atoms with Crippen LogP contribution in [0.4, 0.5) is 0 Å². The molecule has 7 nitrogen and oxygen atoms in total. The zero-order valence-electron chi connectivity index (χ0n) is 24.5. The van der Waals surface area contributed by atoms with Crippen molar-refractivity contribution in [3.05, 3.63) is 57.6 Å². The Morgan fingerprint density at radius 1 is 0.711 bits per heavy atom. The highest BCUT2D eigenvalue weighted by molar-refractivity contribution is 7.41. The highest BCUT2D eigenvalue weighted by Gasteiger charge is 2.28. The standard InChI is InChI=1S/C30H43O7P/c1-19-15-21(11-13-25(31)34-9)17-23(29(3,4)5)27(19)36-38(33)37-28-20(2)16-22(12-14-26(32)35-10)18-24(28)30(6,7)8/h15-18,33H,11-14H2,1-10H3. The average molecular weight is 547 g/mol. The molecular formula is C30H43O7P. The summed E-state index contributed by atoms with van der Waals surface area (Å²) in [4.78, 5) is 34.3. The third-order valence-corrected chi connectivity index (χ3v) is 6.99. The number of carbonyl (C=O) groups excluding carboxylic acids is 2. The van der Waals surface area contributed by atoms with Crippen LogP contribution in [0.15, 0.2) is 24.3 Å². The molecule has 2 aromatic rings. The van der Waals surface area contributed by atoms with Crippen LogP contribution in [0.25, 0.3) is 0 Å². The minimum atomic E-state index is -2.30. The summed E-state index contributed by atoms with van der Waals surface area (Å²) in [6.45, 7) is 16.3. The molecule has 0 radical (unpaired) electrons. The Bertz CT molecular complexity index is 1050. The van der Waals surface area contributed by atoms with Crippen LogP contribution < -0.4 is 9.05 Å². The molecule has 210 valence electrons. The van der Waals surface area contributed by atoms with Gasteiger partial charge in [-0.05, 0) is 59.8 Å². The number of hydrogen-bond acceptors (Lipinski definition) is 7. The van der Waals surface area contributed by atoms with E-state index in [0.29, 0.717) is 37.2 Å². The summed E-state index contributed by atoms with van der Waals surface area (Å²) >= 11 is 0. The van der Waals surface area contributed by atoms with Crippen molar-refractivity contribution in [1.29, 1.82) is 0 Å². The van der Waals surface area contributed by atoms with E-state index in [1.807, 2.05) is 38.1 Å². The molecule has 1 N–H and O–H groups in total. The quantitative estimate of drug-likeness (QED) is 0.259. The minimum Gasteiger partial charge on any atom is -0.469 e. The Kier molecular flexibility index (Phi) is 10.8. The zero-order chi connectivity index (χ0) is 28.8. The topological polar surface area (TPSA) is 91.3 Å². The van der Waals surface area contributed by atoms with E-state index in [4.69, 9.17) is 18.5 Å². The van der Waals surface area contributed by atoms with E-state index >= 15 is 0 Å². The van der Waals surface area contributed by atoms with Gasteiger partial charge < -0.3 is 23.4 Å². The monoisotopic (exact) mass is 546 g/mol. The van der Waals surface area contributed by atoms with Gasteiger partial charge in [0.2, 0.25) is 0 Å². The lowest BCUT2D eigenvalue weighted by Gasteiger charge is -2.28. The number of aryl methyl sites for hydroxylation is 4. The van der Waals surface area contributed by atoms with Crippen molar-refractivity contribution in [2.75, 3.05) is 14.2 Å². The van der Waals surface area contributed by atoms with Crippen molar-refractivity contribution in [1.82, 2.24) is 0 Å². The molecule has 2 rings (SSSR count). The maximum absolute atomic E-state index is 11.7. The van der Waals surface area contributed by atoms with Crippen LogP contribution in [0, 0.1) is 13.8 Å². The van der Waals surface area contributed by atoms with Crippen molar-refractivity contribution in [3.8, 4) is 11.5 Å². The number of rotatable bonds is 10. The van der Waals surface area contributed by atoms with Gasteiger partial charge in [0.05, 0.1) is 14.2 Å². The maximum Gasteiger partial charge on any atom is 0.460 e. The van der Waals surface area contributed by atoms with Crippen molar-refractivity contribution in [2.24, 2.45) is 0 Å². The van der Waals surface area contributed by atoms with Gasteiger partial charge in [-0.15, -0.1) is 0 Å². The van der Waals surface area contributed by atoms with Crippen LogP contribution in [0.3, 0.4) is 0 Å². The Hall–Kier alpha value is -2.63. The first-order chi connectivity index (χ1) is 17.6. The SMILES string of the molecule is COC(=O)CCc1cc(C)c(OP(O)Oc2c(C)cc(CCC(=O)OC)cc2C(C)(C)C)c(C(C)(C)C)c1. The fourth-order valence-electron chi connectivity index (χ4n) is 4.21. The summed E-state index contributed by atoms with van der Waals surface area (Å²) in [6, 6.07) is 7.99. The molecule has 38 heavy (non-hydrogen) atoms. The van der Waals surface area contributed by atoms with Crippen LogP contribution in [0.5, 0.6) is 11.5 Å². The number of methoxy groups -OCH3 is 2. The summed E-state index contributed by atoms with van der Waals surface area (Å²) in [6.07, 6.45) is 1.69. The number of carbonyl (C=O) groups is 2. The normalized spacial score (nSPS) is 11.9. The zero-order valence-corrected chi connectivity index (χ0v) is 25.4. The van der Waals surface area contributed by atoms with Gasteiger partial charge in [-0.1, -0.05) is 65.8 Å². The molecule has 0 aliphatic heterocycles. The lowest BCUT2D eigenvalue weighted by molar-refractivity contribution is -0.141. The second kappa shape index (κ2) is 12.9. The van der Waals surface area contributed by atoms with E-state index < -0.39 is 8.60 Å². The van der Waals surface area contributed by atoms with Crippen LogP contribution >= 0.6 is 8.60 Å². The van der Waals surface area contributed by atoms with E-state index in [-0.39, 0.29) is 22.8 Å². The second-order valence-electron chi connectivity index (χ2n) is 11.7. The highest BCUT2D eigenvalue weighted by Crippen LogP contribution is 2.46. The molecule has 8 heteroatoms. The molecule has 0 fully saturated rings. The second-order valence-corrected chi connectivity index (χ2v) is 12.5. The van der Waals surface area contributed by atoms with Crippen LogP contribution in [0.2, 0.25) is 0 Å². The summed E-state index contributed by atoms with van der Waals surface area (Å²) in [7, 11) is 0.471. The Morgan fingerprint density at radius 2 is 1.05 bits per heavy atom. The number of ether oxygens (including phenoxy) is 2. The summed E-state index contributed by atoms with van der Waals surface area (Å²) in [5, 5.41) is 0. The molecule has 0 atom stereocenters. The van der Waals surface area contributed by atoms with Gasteiger partial charge in [0.1, 0.15) is 11.5 Å². The largest absolute Gasteiger partial charge is 0.469 e. The number of esters is 2. The van der Waals surface area contributed by atoms with Gasteiger partial charge in [0.15, 0.2) is 0 Å². The molecular weight excluding hydrogens is 503 g/mol. The van der Waals surface area contributed by atoms with Gasteiger partial charge in [-0.25, -0.2) is 0 Å². The lowest BCUT2D eigenvalue weighted by Crippen LogP contribution is -2.16. The molecule has 2 aromatic carbocycles. The summed E-state index contributed by atoms with van der Waals surface area (Å²) < 4.78 is 21.8. The molecule has 0 aromatic heterocycles. The predicted molar refractivity (Wildman–Crippen MR) is 151 cm³/mol. The van der Waals surface area contributed by atoms with E-state index in [9.17, 15) is 14.5 Å². The Labute approximate surface area is 228 Å². The molecule has 0 aliphatic carbocycles. The molecule has 0 bridgehead atoms. The molecule has 0 saturated carbocycles. The third-order valence-electron chi connectivity index (χ3n) is 6.31. The highest BCUT2D eigenvalue weighted by atomic mass is 31.2. The van der Waals surface area contributed by atoms with Gasteiger partial charge in [0, 0.05) is 24.0 Å². The van der Waals surface area contributed by atoms with Crippen LogP contribution in [-0.4, -0.2) is 31.1 Å². The minimum absolute atomic E-state index is 0.256. The first kappa shape index (κ1) is 31.6. The van der Waals surface area contributed by atoms with Gasteiger partial charge >= 0.3 is 20.5 Å². The fourth-order valence-corrected chi connectivity index (χ4v) is 5.05. The van der Waals surface area contributed by atoms with Crippen molar-refractivity contribution in [3.63, 3.8) is 0 Å². The van der Waals surface area contributed by atoms with E-state index in [1.165, 1.54) is 14.2 Å². The Morgan fingerprint density at radius 3 is 1.34 bits per heavy atom. The molecule has 0 saturated heterocycles. The summed E-state index contributed by atoms with van der Waals surface area (Å²) in [5.41, 5.74) is 5.02. The molecule has 0 heterocycles. The average Bonchev–Trinajstić information content (AvgIpc) is 2.82. The fraction of sp³-hybridized carbons (Fsp3) is 0.533. The van der Waals surface area contributed by atoms with Gasteiger partial charge in [-0.3, -0.25) is 9.59 Å². The first-order valence-electron chi connectivity index (χ1n) is 12.8.